The molecule has 3 heteroatoms. The van der Waals surface area contributed by atoms with Gasteiger partial charge < -0.3 is 4.74 Å². The van der Waals surface area contributed by atoms with Crippen LogP contribution in [0.4, 0.5) is 0 Å². The van der Waals surface area contributed by atoms with Gasteiger partial charge in [0.1, 0.15) is 5.75 Å². The summed E-state index contributed by atoms with van der Waals surface area (Å²) >= 11 is 5.52. The van der Waals surface area contributed by atoms with Crippen molar-refractivity contribution in [3.05, 3.63) is 28.3 Å². The number of carbonyl (C=O) groups is 1. The van der Waals surface area contributed by atoms with Crippen molar-refractivity contribution in [3.63, 3.8) is 0 Å². The molecule has 1 rings (SSSR count). The zero-order chi connectivity index (χ0) is 10.9. The van der Waals surface area contributed by atoms with E-state index in [1.807, 2.05) is 26.8 Å². The summed E-state index contributed by atoms with van der Waals surface area (Å²) in [5.41, 5.74) is 3.29. The minimum absolute atomic E-state index is 0.429. The van der Waals surface area contributed by atoms with Crippen LogP contribution in [0.2, 0.25) is 0 Å². The smallest absolute Gasteiger partial charge is 0.253 e. The van der Waals surface area contributed by atoms with E-state index in [4.69, 9.17) is 16.3 Å². The van der Waals surface area contributed by atoms with Crippen molar-refractivity contribution in [2.45, 2.75) is 20.8 Å². The molecule has 0 heterocycles. The average molecular weight is 213 g/mol. The second kappa shape index (κ2) is 4.01. The van der Waals surface area contributed by atoms with E-state index >= 15 is 0 Å². The molecule has 0 aliphatic heterocycles. The molecule has 0 fully saturated rings. The molecule has 0 unspecified atom stereocenters. The Morgan fingerprint density at radius 1 is 1.29 bits per heavy atom. The van der Waals surface area contributed by atoms with Crippen molar-refractivity contribution in [1.82, 2.24) is 0 Å². The first-order valence-electron chi connectivity index (χ1n) is 4.33. The Labute approximate surface area is 88.8 Å². The molecule has 0 aliphatic rings. The summed E-state index contributed by atoms with van der Waals surface area (Å²) < 4.78 is 5.16. The number of hydrogen-bond acceptors (Lipinski definition) is 2. The van der Waals surface area contributed by atoms with Gasteiger partial charge in [-0.2, -0.15) is 0 Å². The molecule has 0 spiro atoms. The quantitative estimate of drug-likeness (QED) is 0.705. The van der Waals surface area contributed by atoms with Crippen LogP contribution >= 0.6 is 11.6 Å². The lowest BCUT2D eigenvalue weighted by Gasteiger charge is -2.12. The summed E-state index contributed by atoms with van der Waals surface area (Å²) in [4.78, 5) is 11.2. The van der Waals surface area contributed by atoms with Crippen LogP contribution in [0.5, 0.6) is 5.75 Å². The van der Waals surface area contributed by atoms with E-state index in [1.165, 1.54) is 0 Å². The molecule has 0 bridgehead atoms. The van der Waals surface area contributed by atoms with Crippen LogP contribution in [-0.2, 0) is 0 Å². The van der Waals surface area contributed by atoms with Gasteiger partial charge in [0.2, 0.25) is 0 Å². The zero-order valence-electron chi connectivity index (χ0n) is 8.77. The highest BCUT2D eigenvalue weighted by atomic mass is 35.5. The van der Waals surface area contributed by atoms with Crippen LogP contribution in [0.15, 0.2) is 6.07 Å². The number of benzene rings is 1. The Morgan fingerprint density at radius 2 is 1.86 bits per heavy atom. The molecule has 0 amide bonds. The molecular weight excluding hydrogens is 200 g/mol. The maximum Gasteiger partial charge on any atom is 0.253 e. The number of ether oxygens (including phenoxy) is 1. The molecule has 1 aromatic carbocycles. The van der Waals surface area contributed by atoms with Crippen molar-refractivity contribution in [3.8, 4) is 5.75 Å². The van der Waals surface area contributed by atoms with Crippen LogP contribution in [0.3, 0.4) is 0 Å². The lowest BCUT2D eigenvalue weighted by molar-refractivity contribution is 0.108. The van der Waals surface area contributed by atoms with Gasteiger partial charge in [-0.15, -0.1) is 0 Å². The number of rotatable bonds is 2. The monoisotopic (exact) mass is 212 g/mol. The predicted octanol–water partition coefficient (Wildman–Crippen LogP) is 3.00. The third-order valence-electron chi connectivity index (χ3n) is 2.48. The standard InChI is InChI=1S/C11H13ClO2/c1-6-5-9(14-4)8(3)10(7(6)2)11(12)13/h5H,1-4H3. The van der Waals surface area contributed by atoms with Gasteiger partial charge in [0, 0.05) is 11.1 Å². The van der Waals surface area contributed by atoms with Gasteiger partial charge in [-0.25, -0.2) is 0 Å². The Morgan fingerprint density at radius 3 is 2.29 bits per heavy atom. The molecule has 0 aliphatic carbocycles. The summed E-state index contributed by atoms with van der Waals surface area (Å²) in [7, 11) is 1.58. The number of halogens is 1. The van der Waals surface area contributed by atoms with Gasteiger partial charge in [0.05, 0.1) is 7.11 Å². The molecule has 0 atom stereocenters. The highest BCUT2D eigenvalue weighted by Gasteiger charge is 2.15. The molecule has 0 saturated carbocycles. The molecule has 0 N–H and O–H groups in total. The SMILES string of the molecule is COc1cc(C)c(C)c(C(=O)Cl)c1C. The molecule has 1 aromatic rings. The van der Waals surface area contributed by atoms with E-state index in [-0.39, 0.29) is 0 Å². The third-order valence-corrected chi connectivity index (χ3v) is 2.66. The van der Waals surface area contributed by atoms with Gasteiger partial charge in [0.15, 0.2) is 0 Å². The van der Waals surface area contributed by atoms with Gasteiger partial charge in [-0.3, -0.25) is 4.79 Å². The van der Waals surface area contributed by atoms with E-state index in [2.05, 4.69) is 0 Å². The fourth-order valence-corrected chi connectivity index (χ4v) is 1.81. The summed E-state index contributed by atoms with van der Waals surface area (Å²) in [6.45, 7) is 5.65. The van der Waals surface area contributed by atoms with E-state index in [1.54, 1.807) is 7.11 Å². The van der Waals surface area contributed by atoms with Crippen LogP contribution in [0, 0.1) is 20.8 Å². The maximum absolute atomic E-state index is 11.2. The van der Waals surface area contributed by atoms with Crippen LogP contribution in [0.25, 0.3) is 0 Å². The highest BCUT2D eigenvalue weighted by molar-refractivity contribution is 6.68. The average Bonchev–Trinajstić information content (AvgIpc) is 2.11. The van der Waals surface area contributed by atoms with Gasteiger partial charge in [0.25, 0.3) is 5.24 Å². The van der Waals surface area contributed by atoms with Gasteiger partial charge >= 0.3 is 0 Å². The predicted molar refractivity (Wildman–Crippen MR) is 57.4 cm³/mol. The second-order valence-electron chi connectivity index (χ2n) is 3.29. The van der Waals surface area contributed by atoms with Crippen LogP contribution in [-0.4, -0.2) is 12.4 Å². The third kappa shape index (κ3) is 1.75. The summed E-state index contributed by atoms with van der Waals surface area (Å²) in [6, 6.07) is 1.91. The van der Waals surface area contributed by atoms with Crippen molar-refractivity contribution in [1.29, 1.82) is 0 Å². The highest BCUT2D eigenvalue weighted by Crippen LogP contribution is 2.28. The Kier molecular flexibility index (Phi) is 3.17. The van der Waals surface area contributed by atoms with Crippen molar-refractivity contribution in [2.24, 2.45) is 0 Å². The van der Waals surface area contributed by atoms with Crippen molar-refractivity contribution >= 4 is 16.8 Å². The first-order valence-corrected chi connectivity index (χ1v) is 4.71. The van der Waals surface area contributed by atoms with Gasteiger partial charge in [-0.05, 0) is 49.6 Å². The van der Waals surface area contributed by atoms with E-state index < -0.39 is 5.24 Å². The Balaban J connectivity index is 3.53. The fraction of sp³-hybridized carbons (Fsp3) is 0.364. The molecule has 2 nitrogen and oxygen atoms in total. The lowest BCUT2D eigenvalue weighted by atomic mass is 9.98. The van der Waals surface area contributed by atoms with E-state index in [0.29, 0.717) is 11.3 Å². The number of methoxy groups -OCH3 is 1. The van der Waals surface area contributed by atoms with Crippen molar-refractivity contribution < 1.29 is 9.53 Å². The first kappa shape index (κ1) is 11.1. The minimum Gasteiger partial charge on any atom is -0.496 e. The number of carbonyl (C=O) groups excluding carboxylic acids is 1. The molecule has 0 aromatic heterocycles. The maximum atomic E-state index is 11.2. The molecule has 0 saturated heterocycles. The fourth-order valence-electron chi connectivity index (χ4n) is 1.52. The zero-order valence-corrected chi connectivity index (χ0v) is 9.53. The summed E-state index contributed by atoms with van der Waals surface area (Å²) in [6.07, 6.45) is 0. The lowest BCUT2D eigenvalue weighted by Crippen LogP contribution is -2.02. The summed E-state index contributed by atoms with van der Waals surface area (Å²) in [5, 5.41) is -0.429. The molecule has 0 radical (unpaired) electrons. The topological polar surface area (TPSA) is 26.3 Å². The van der Waals surface area contributed by atoms with Crippen molar-refractivity contribution in [2.75, 3.05) is 7.11 Å². The second-order valence-corrected chi connectivity index (χ2v) is 3.64. The van der Waals surface area contributed by atoms with E-state index in [9.17, 15) is 4.79 Å². The first-order chi connectivity index (χ1) is 6.49. The van der Waals surface area contributed by atoms with E-state index in [0.717, 1.165) is 16.7 Å². The largest absolute Gasteiger partial charge is 0.496 e. The normalized spacial score (nSPS) is 10.1. The van der Waals surface area contributed by atoms with Crippen LogP contribution in [0.1, 0.15) is 27.0 Å². The minimum atomic E-state index is -0.429. The molecular formula is C11H13ClO2. The molecule has 76 valence electrons. The molecule has 14 heavy (non-hydrogen) atoms. The van der Waals surface area contributed by atoms with Gasteiger partial charge in [-0.1, -0.05) is 0 Å². The van der Waals surface area contributed by atoms with Crippen LogP contribution < -0.4 is 4.74 Å². The Bertz CT molecular complexity index is 383. The summed E-state index contributed by atoms with van der Waals surface area (Å²) in [5.74, 6) is 0.706. The number of aryl methyl sites for hydroxylation is 1. The number of hydrogen-bond donors (Lipinski definition) is 0. The Hall–Kier alpha value is -1.02.